The molecule has 6 nitrogen and oxygen atoms in total. The predicted octanol–water partition coefficient (Wildman–Crippen LogP) is 1.28. The number of fused-ring (bicyclic) bond motifs is 2. The molecule has 0 bridgehead atoms. The number of piperidine rings is 1. The van der Waals surface area contributed by atoms with E-state index in [-0.39, 0.29) is 24.2 Å². The minimum absolute atomic E-state index is 0.00677. The number of hydrogen-bond acceptors (Lipinski definition) is 5. The topological polar surface area (TPSA) is 76.4 Å². The van der Waals surface area contributed by atoms with Crippen molar-refractivity contribution in [2.45, 2.75) is 43.7 Å². The van der Waals surface area contributed by atoms with Crippen LogP contribution in [0.25, 0.3) is 10.9 Å². The van der Waals surface area contributed by atoms with Gasteiger partial charge in [0.25, 0.3) is 5.56 Å². The summed E-state index contributed by atoms with van der Waals surface area (Å²) in [5, 5.41) is 15.0. The highest BCUT2D eigenvalue weighted by Crippen LogP contribution is 2.33. The molecule has 0 radical (unpaired) electrons. The van der Waals surface area contributed by atoms with E-state index in [1.807, 2.05) is 0 Å². The summed E-state index contributed by atoms with van der Waals surface area (Å²) in [6, 6.07) is 5.16. The van der Waals surface area contributed by atoms with Crippen LogP contribution in [0, 0.1) is 0 Å². The van der Waals surface area contributed by atoms with Gasteiger partial charge in [-0.1, -0.05) is 11.6 Å². The van der Waals surface area contributed by atoms with E-state index in [0.29, 0.717) is 22.3 Å². The first-order valence-corrected chi connectivity index (χ1v) is 8.20. The normalized spacial score (nSPS) is 30.5. The lowest BCUT2D eigenvalue weighted by atomic mass is 9.99. The Morgan fingerprint density at radius 1 is 1.52 bits per heavy atom. The summed E-state index contributed by atoms with van der Waals surface area (Å²) in [5.41, 5.74) is 0.364. The van der Waals surface area contributed by atoms with Crippen LogP contribution in [0.5, 0.6) is 0 Å². The minimum Gasteiger partial charge on any atom is -0.364 e. The number of nitrogens with zero attached hydrogens (tertiary/aromatic N) is 2. The molecular weight excluding hydrogens is 318 g/mol. The Labute approximate surface area is 138 Å². The van der Waals surface area contributed by atoms with Gasteiger partial charge >= 0.3 is 0 Å². The average molecular weight is 336 g/mol. The van der Waals surface area contributed by atoms with E-state index < -0.39 is 5.79 Å². The fourth-order valence-electron chi connectivity index (χ4n) is 3.55. The van der Waals surface area contributed by atoms with Crippen LogP contribution in [0.4, 0.5) is 0 Å². The number of halogens is 1. The number of nitrogens with one attached hydrogen (secondary N) is 1. The van der Waals surface area contributed by atoms with Gasteiger partial charge in [0, 0.05) is 17.5 Å². The van der Waals surface area contributed by atoms with E-state index >= 15 is 0 Å². The molecule has 2 N–H and O–H groups in total. The van der Waals surface area contributed by atoms with E-state index in [2.05, 4.69) is 10.3 Å². The summed E-state index contributed by atoms with van der Waals surface area (Å²) in [5.74, 6) is -1.34. The van der Waals surface area contributed by atoms with Crippen molar-refractivity contribution in [1.29, 1.82) is 0 Å². The number of benzene rings is 1. The SMILES string of the molecule is O=c1c2cc(Cl)ccc2ncn1CC1(O)C[C@@H]2NCCC[C@@H]2O1. The molecule has 1 aromatic carbocycles. The maximum atomic E-state index is 12.6. The summed E-state index contributed by atoms with van der Waals surface area (Å²) in [6.45, 7) is 1.01. The monoisotopic (exact) mass is 335 g/mol. The van der Waals surface area contributed by atoms with Crippen LogP contribution in [0.1, 0.15) is 19.3 Å². The van der Waals surface area contributed by atoms with Gasteiger partial charge in [0.2, 0.25) is 0 Å². The molecule has 2 aliphatic rings. The lowest BCUT2D eigenvalue weighted by Gasteiger charge is -2.25. The van der Waals surface area contributed by atoms with E-state index in [9.17, 15) is 9.90 Å². The van der Waals surface area contributed by atoms with Gasteiger partial charge in [0.1, 0.15) is 0 Å². The Balaban J connectivity index is 1.65. The molecule has 122 valence electrons. The molecule has 4 rings (SSSR count). The zero-order valence-electron chi connectivity index (χ0n) is 12.5. The van der Waals surface area contributed by atoms with Gasteiger partial charge in [-0.15, -0.1) is 0 Å². The second-order valence-corrected chi connectivity index (χ2v) is 6.78. The molecule has 0 amide bonds. The molecule has 3 heterocycles. The van der Waals surface area contributed by atoms with Gasteiger partial charge in [0.05, 0.1) is 29.9 Å². The maximum absolute atomic E-state index is 12.6. The van der Waals surface area contributed by atoms with Crippen molar-refractivity contribution in [1.82, 2.24) is 14.9 Å². The lowest BCUT2D eigenvalue weighted by Crippen LogP contribution is -2.41. The molecule has 2 saturated heterocycles. The Morgan fingerprint density at radius 2 is 2.39 bits per heavy atom. The molecule has 2 aromatic rings. The van der Waals surface area contributed by atoms with Crippen LogP contribution < -0.4 is 10.9 Å². The summed E-state index contributed by atoms with van der Waals surface area (Å²) in [4.78, 5) is 16.9. The Kier molecular flexibility index (Phi) is 3.65. The van der Waals surface area contributed by atoms with Crippen LogP contribution in [0.15, 0.2) is 29.3 Å². The Morgan fingerprint density at radius 3 is 3.22 bits per heavy atom. The third-order valence-electron chi connectivity index (χ3n) is 4.63. The molecular formula is C16H18ClN3O3. The summed E-state index contributed by atoms with van der Waals surface area (Å²) in [7, 11) is 0. The van der Waals surface area contributed by atoms with Crippen molar-refractivity contribution in [2.24, 2.45) is 0 Å². The molecule has 7 heteroatoms. The van der Waals surface area contributed by atoms with Crippen molar-refractivity contribution >= 4 is 22.5 Å². The van der Waals surface area contributed by atoms with Crippen LogP contribution in [0.2, 0.25) is 5.02 Å². The highest BCUT2D eigenvalue weighted by molar-refractivity contribution is 6.31. The third-order valence-corrected chi connectivity index (χ3v) is 4.87. The fourth-order valence-corrected chi connectivity index (χ4v) is 3.73. The van der Waals surface area contributed by atoms with E-state index in [4.69, 9.17) is 16.3 Å². The molecule has 23 heavy (non-hydrogen) atoms. The predicted molar refractivity (Wildman–Crippen MR) is 86.5 cm³/mol. The molecule has 2 fully saturated rings. The average Bonchev–Trinajstić information content (AvgIpc) is 2.86. The largest absolute Gasteiger partial charge is 0.364 e. The van der Waals surface area contributed by atoms with Crippen LogP contribution in [-0.4, -0.2) is 39.1 Å². The highest BCUT2D eigenvalue weighted by atomic mass is 35.5. The van der Waals surface area contributed by atoms with Crippen molar-refractivity contribution < 1.29 is 9.84 Å². The first-order chi connectivity index (χ1) is 11.0. The van der Waals surface area contributed by atoms with Gasteiger partial charge in [-0.05, 0) is 37.6 Å². The number of aromatic nitrogens is 2. The molecule has 0 aliphatic carbocycles. The zero-order valence-corrected chi connectivity index (χ0v) is 13.3. The molecule has 3 atom stereocenters. The van der Waals surface area contributed by atoms with Crippen molar-refractivity contribution in [2.75, 3.05) is 6.54 Å². The highest BCUT2D eigenvalue weighted by Gasteiger charge is 2.46. The van der Waals surface area contributed by atoms with Crippen molar-refractivity contribution in [3.05, 3.63) is 39.9 Å². The van der Waals surface area contributed by atoms with Crippen molar-refractivity contribution in [3.63, 3.8) is 0 Å². The minimum atomic E-state index is -1.34. The third kappa shape index (κ3) is 2.76. The van der Waals surface area contributed by atoms with Crippen LogP contribution >= 0.6 is 11.6 Å². The second-order valence-electron chi connectivity index (χ2n) is 6.35. The number of rotatable bonds is 2. The summed E-state index contributed by atoms with van der Waals surface area (Å²) < 4.78 is 7.23. The van der Waals surface area contributed by atoms with E-state index in [1.165, 1.54) is 10.9 Å². The first-order valence-electron chi connectivity index (χ1n) is 7.82. The zero-order chi connectivity index (χ0) is 16.0. The van der Waals surface area contributed by atoms with E-state index in [0.717, 1.165) is 19.4 Å². The molecule has 2 aliphatic heterocycles. The molecule has 1 aromatic heterocycles. The first kappa shape index (κ1) is 15.1. The Bertz CT molecular complexity index is 793. The van der Waals surface area contributed by atoms with Gasteiger partial charge in [-0.25, -0.2) is 4.98 Å². The van der Waals surface area contributed by atoms with E-state index in [1.54, 1.807) is 18.2 Å². The van der Waals surface area contributed by atoms with Gasteiger partial charge in [-0.2, -0.15) is 0 Å². The molecule has 0 spiro atoms. The fraction of sp³-hybridized carbons (Fsp3) is 0.500. The smallest absolute Gasteiger partial charge is 0.261 e. The van der Waals surface area contributed by atoms with Gasteiger partial charge in [0.15, 0.2) is 5.79 Å². The number of ether oxygens (including phenoxy) is 1. The van der Waals surface area contributed by atoms with Gasteiger partial charge < -0.3 is 15.2 Å². The van der Waals surface area contributed by atoms with Crippen molar-refractivity contribution in [3.8, 4) is 0 Å². The quantitative estimate of drug-likeness (QED) is 0.864. The molecule has 0 saturated carbocycles. The number of hydrogen-bond donors (Lipinski definition) is 2. The van der Waals surface area contributed by atoms with Gasteiger partial charge in [-0.3, -0.25) is 9.36 Å². The second kappa shape index (κ2) is 5.56. The van der Waals surface area contributed by atoms with Crippen LogP contribution in [-0.2, 0) is 11.3 Å². The lowest BCUT2D eigenvalue weighted by molar-refractivity contribution is -0.202. The standard InChI is InChI=1S/C16H18ClN3O3/c17-10-3-4-12-11(6-10)15(21)20(9-19-12)8-16(22)7-13-14(23-16)2-1-5-18-13/h3-4,6,9,13-14,18,22H,1-2,5,7-8H2/t13-,14-,16?/m0/s1. The number of aliphatic hydroxyl groups is 1. The summed E-state index contributed by atoms with van der Waals surface area (Å²) in [6.07, 6.45) is 3.90. The Hall–Kier alpha value is -1.47. The van der Waals surface area contributed by atoms with Crippen LogP contribution in [0.3, 0.4) is 0 Å². The summed E-state index contributed by atoms with van der Waals surface area (Å²) >= 11 is 5.97. The molecule has 1 unspecified atom stereocenters. The maximum Gasteiger partial charge on any atom is 0.261 e.